The van der Waals surface area contributed by atoms with Gasteiger partial charge < -0.3 is 9.04 Å². The van der Waals surface area contributed by atoms with Crippen molar-refractivity contribution in [3.8, 4) is 0 Å². The number of rotatable bonds is 49. The quantitative estimate of drug-likeness (QED) is 0.0349. The number of hydrogen-bond acceptors (Lipinski definition) is 3. The van der Waals surface area contributed by atoms with Crippen LogP contribution in [-0.2, 0) is 10.1 Å². The summed E-state index contributed by atoms with van der Waals surface area (Å²) in [5, 5.41) is 0. The van der Waals surface area contributed by atoms with Crippen LogP contribution in [0.3, 0.4) is 0 Å². The highest BCUT2D eigenvalue weighted by Crippen LogP contribution is 2.21. The van der Waals surface area contributed by atoms with Crippen LogP contribution in [0.25, 0.3) is 0 Å². The Hall–Kier alpha value is -0.130. The van der Waals surface area contributed by atoms with E-state index in [1.54, 1.807) is 0 Å². The SMILES string of the molecule is CCCCCCCCCCCCCCCC[N+](CCCCCCCCCCCCCCCC)(CCCCCCCCCCCCCCCC)CCCS(=O)(=O)[O-]. The highest BCUT2D eigenvalue weighted by atomic mass is 32.2. The number of quaternary nitrogens is 1. The molecule has 0 aliphatic rings. The lowest BCUT2D eigenvalue weighted by molar-refractivity contribution is -0.928. The molecule has 0 bridgehead atoms. The van der Waals surface area contributed by atoms with E-state index in [9.17, 15) is 13.0 Å². The Morgan fingerprint density at radius 3 is 0.607 bits per heavy atom. The van der Waals surface area contributed by atoms with Crippen molar-refractivity contribution in [3.63, 3.8) is 0 Å². The molecule has 0 rings (SSSR count). The minimum atomic E-state index is -4.16. The van der Waals surface area contributed by atoms with E-state index in [1.807, 2.05) is 0 Å². The zero-order chi connectivity index (χ0) is 40.9. The molecule has 0 aromatic heterocycles. The van der Waals surface area contributed by atoms with Crippen molar-refractivity contribution < 1.29 is 17.5 Å². The van der Waals surface area contributed by atoms with Gasteiger partial charge in [0.25, 0.3) is 0 Å². The summed E-state index contributed by atoms with van der Waals surface area (Å²) in [6, 6.07) is 0. The topological polar surface area (TPSA) is 57.2 Å². The maximum atomic E-state index is 11.6. The van der Waals surface area contributed by atoms with Crippen molar-refractivity contribution >= 4 is 10.1 Å². The number of nitrogens with zero attached hydrogens (tertiary/aromatic N) is 1. The third-order valence-corrected chi connectivity index (χ3v) is 13.8. The fourth-order valence-corrected chi connectivity index (χ4v) is 9.66. The van der Waals surface area contributed by atoms with Crippen LogP contribution in [0.4, 0.5) is 0 Å². The summed E-state index contributed by atoms with van der Waals surface area (Å²) in [7, 11) is -4.16. The van der Waals surface area contributed by atoms with Crippen LogP contribution in [0.15, 0.2) is 0 Å². The van der Waals surface area contributed by atoms with E-state index >= 15 is 0 Å². The Balaban J connectivity index is 4.72. The molecule has 56 heavy (non-hydrogen) atoms. The predicted octanol–water partition coefficient (Wildman–Crippen LogP) is 17.2. The first-order valence-electron chi connectivity index (χ1n) is 26.2. The lowest BCUT2D eigenvalue weighted by Gasteiger charge is -2.40. The summed E-state index contributed by atoms with van der Waals surface area (Å²) < 4.78 is 36.0. The molecule has 338 valence electrons. The zero-order valence-corrected chi connectivity index (χ0v) is 39.8. The zero-order valence-electron chi connectivity index (χ0n) is 39.0. The van der Waals surface area contributed by atoms with Gasteiger partial charge in [0.15, 0.2) is 0 Å². The molecule has 0 saturated carbocycles. The summed E-state index contributed by atoms with van der Waals surface area (Å²) in [5.74, 6) is -0.191. The first-order valence-corrected chi connectivity index (χ1v) is 27.8. The second-order valence-electron chi connectivity index (χ2n) is 18.6. The smallest absolute Gasteiger partial charge is 0.0948 e. The van der Waals surface area contributed by atoms with Crippen molar-refractivity contribution in [2.45, 2.75) is 297 Å². The third-order valence-electron chi connectivity index (χ3n) is 13.0. The van der Waals surface area contributed by atoms with Crippen molar-refractivity contribution in [2.24, 2.45) is 0 Å². The van der Waals surface area contributed by atoms with E-state index in [0.717, 1.165) is 11.0 Å². The van der Waals surface area contributed by atoms with E-state index in [2.05, 4.69) is 20.8 Å². The van der Waals surface area contributed by atoms with Crippen LogP contribution in [0, 0.1) is 0 Å². The van der Waals surface area contributed by atoms with Crippen molar-refractivity contribution in [2.75, 3.05) is 31.9 Å². The Labute approximate surface area is 355 Å². The maximum Gasteiger partial charge on any atom is 0.0948 e. The van der Waals surface area contributed by atoms with Gasteiger partial charge in [-0.3, -0.25) is 0 Å². The van der Waals surface area contributed by atoms with Gasteiger partial charge in [-0.2, -0.15) is 0 Å². The fraction of sp³-hybridized carbons (Fsp3) is 1.00. The van der Waals surface area contributed by atoms with Crippen molar-refractivity contribution in [1.29, 1.82) is 0 Å². The molecular formula is C51H105NO3S. The first kappa shape index (κ1) is 55.9. The molecule has 0 radical (unpaired) electrons. The summed E-state index contributed by atoms with van der Waals surface area (Å²) in [6.45, 7) is 11.3. The largest absolute Gasteiger partial charge is 0.748 e. The Kier molecular flexibility index (Phi) is 44.3. The number of unbranched alkanes of at least 4 members (excludes halogenated alkanes) is 39. The van der Waals surface area contributed by atoms with Crippen LogP contribution < -0.4 is 0 Å². The van der Waals surface area contributed by atoms with Crippen LogP contribution in [0.2, 0.25) is 0 Å². The second kappa shape index (κ2) is 44.4. The molecule has 0 N–H and O–H groups in total. The maximum absolute atomic E-state index is 11.6. The minimum Gasteiger partial charge on any atom is -0.748 e. The van der Waals surface area contributed by atoms with Gasteiger partial charge in [-0.05, 0) is 38.5 Å². The van der Waals surface area contributed by atoms with Crippen LogP contribution in [-0.4, -0.2) is 49.4 Å². The first-order chi connectivity index (χ1) is 27.4. The van der Waals surface area contributed by atoms with Crippen LogP contribution >= 0.6 is 0 Å². The molecule has 0 saturated heterocycles. The molecule has 0 aliphatic heterocycles. The van der Waals surface area contributed by atoms with Gasteiger partial charge in [0.1, 0.15) is 0 Å². The van der Waals surface area contributed by atoms with E-state index in [1.165, 1.54) is 289 Å². The summed E-state index contributed by atoms with van der Waals surface area (Å²) in [6.07, 6.45) is 58.5. The van der Waals surface area contributed by atoms with Gasteiger partial charge in [0.05, 0.1) is 36.3 Å². The Bertz CT molecular complexity index is 767. The van der Waals surface area contributed by atoms with Gasteiger partial charge in [0.2, 0.25) is 0 Å². The van der Waals surface area contributed by atoms with Crippen LogP contribution in [0.1, 0.15) is 297 Å². The highest BCUT2D eigenvalue weighted by molar-refractivity contribution is 7.85. The lowest BCUT2D eigenvalue weighted by atomic mass is 10.0. The molecule has 0 heterocycles. The summed E-state index contributed by atoms with van der Waals surface area (Å²) in [4.78, 5) is 0. The van der Waals surface area contributed by atoms with Gasteiger partial charge in [-0.1, -0.05) is 252 Å². The van der Waals surface area contributed by atoms with Crippen molar-refractivity contribution in [1.82, 2.24) is 0 Å². The average Bonchev–Trinajstić information content (AvgIpc) is 3.17. The van der Waals surface area contributed by atoms with Crippen LogP contribution in [0.5, 0.6) is 0 Å². The second-order valence-corrected chi connectivity index (χ2v) is 20.2. The molecule has 0 atom stereocenters. The molecule has 0 unspecified atom stereocenters. The Morgan fingerprint density at radius 1 is 0.268 bits per heavy atom. The standard InChI is InChI=1S/C51H105NO3S/c1-4-7-10-13-16-19-22-25-28-31-34-37-40-43-47-52(50-46-51-56(53,54)55,48-44-41-38-35-32-29-26-23-20-17-14-11-8-5-2)49-45-42-39-36-33-30-27-24-21-18-15-12-9-6-3/h4-51H2,1-3H3. The Morgan fingerprint density at radius 2 is 0.429 bits per heavy atom. The summed E-state index contributed by atoms with van der Waals surface area (Å²) >= 11 is 0. The summed E-state index contributed by atoms with van der Waals surface area (Å²) in [5.41, 5.74) is 0. The molecule has 0 aliphatic carbocycles. The average molecular weight is 812 g/mol. The highest BCUT2D eigenvalue weighted by Gasteiger charge is 2.26. The number of hydrogen-bond donors (Lipinski definition) is 0. The fourth-order valence-electron chi connectivity index (χ4n) is 9.17. The predicted molar refractivity (Wildman–Crippen MR) is 250 cm³/mol. The molecule has 5 heteroatoms. The van der Waals surface area contributed by atoms with E-state index in [4.69, 9.17) is 0 Å². The van der Waals surface area contributed by atoms with E-state index in [0.29, 0.717) is 6.42 Å². The normalized spacial score (nSPS) is 12.3. The molecule has 0 aromatic rings. The van der Waals surface area contributed by atoms with Gasteiger partial charge in [-0.25, -0.2) is 8.42 Å². The third kappa shape index (κ3) is 43.4. The van der Waals surface area contributed by atoms with E-state index in [-0.39, 0.29) is 5.75 Å². The molecule has 0 fully saturated rings. The lowest BCUT2D eigenvalue weighted by Crippen LogP contribution is -2.51. The van der Waals surface area contributed by atoms with Gasteiger partial charge in [-0.15, -0.1) is 0 Å². The molecule has 4 nitrogen and oxygen atoms in total. The van der Waals surface area contributed by atoms with E-state index < -0.39 is 10.1 Å². The van der Waals surface area contributed by atoms with Crippen molar-refractivity contribution in [3.05, 3.63) is 0 Å². The molecule has 0 amide bonds. The minimum absolute atomic E-state index is 0.191. The van der Waals surface area contributed by atoms with Gasteiger partial charge >= 0.3 is 0 Å². The monoisotopic (exact) mass is 812 g/mol. The molecular weight excluding hydrogens is 707 g/mol. The molecule has 0 spiro atoms. The van der Waals surface area contributed by atoms with Gasteiger partial charge in [0, 0.05) is 12.2 Å². The molecule has 0 aromatic carbocycles.